The Morgan fingerprint density at radius 2 is 0.469 bits per heavy atom. The van der Waals surface area contributed by atoms with Crippen molar-refractivity contribution in [1.82, 2.24) is 0 Å². The molecule has 18 aromatic carbocycles. The minimum atomic E-state index is -0.804. The summed E-state index contributed by atoms with van der Waals surface area (Å²) in [5.41, 5.74) is 18.3. The molecule has 0 heterocycles. The van der Waals surface area contributed by atoms with Crippen LogP contribution in [0.4, 0.5) is 0 Å². The van der Waals surface area contributed by atoms with Gasteiger partial charge in [-0.3, -0.25) is 0 Å². The third kappa shape index (κ3) is 19.2. The van der Waals surface area contributed by atoms with Gasteiger partial charge in [0.05, 0.1) is 16.2 Å². The first-order chi connectivity index (χ1) is 72.1. The van der Waals surface area contributed by atoms with E-state index in [9.17, 15) is 28.8 Å². The molecule has 0 aromatic heterocycles. The Bertz CT molecular complexity index is 7890. The Kier molecular flexibility index (Phi) is 29.1. The molecule has 18 heteroatoms. The highest BCUT2D eigenvalue weighted by atomic mass is 16.6. The molecule has 0 radical (unpaired) electrons. The Balaban J connectivity index is 0.000000139. The van der Waals surface area contributed by atoms with Gasteiger partial charge in [0.25, 0.3) is 0 Å². The van der Waals surface area contributed by atoms with Gasteiger partial charge in [-0.25, -0.2) is 28.8 Å². The fraction of sp³-hybridized carbons (Fsp3) is 0.116. The van der Waals surface area contributed by atoms with Crippen LogP contribution in [-0.4, -0.2) is 115 Å². The normalized spacial score (nSPS) is 13.1. The molecule has 0 bridgehead atoms. The first-order valence-electron chi connectivity index (χ1n) is 48.4. The zero-order chi connectivity index (χ0) is 101. The second kappa shape index (κ2) is 44.0. The summed E-state index contributed by atoms with van der Waals surface area (Å²) in [7, 11) is 0. The van der Waals surface area contributed by atoms with E-state index in [0.29, 0.717) is 34.5 Å². The number of fused-ring (bicyclic) bond motifs is 19. The summed E-state index contributed by atoms with van der Waals surface area (Å²) in [5.74, 6) is 1.12. The number of ether oxygens (including phenoxy) is 12. The zero-order valence-electron chi connectivity index (χ0n) is 80.7. The smallest absolute Gasteiger partial charge is 0.330 e. The summed E-state index contributed by atoms with van der Waals surface area (Å²) < 4.78 is 67.0. The largest absolute Gasteiger partial charge is 0.490 e. The van der Waals surface area contributed by atoms with Crippen LogP contribution < -0.4 is 28.4 Å². The Morgan fingerprint density at radius 1 is 0.197 bits per heavy atom. The van der Waals surface area contributed by atoms with Gasteiger partial charge in [0, 0.05) is 42.0 Å². The Morgan fingerprint density at radius 3 is 0.837 bits per heavy atom. The number of hydrogen-bond donors (Lipinski definition) is 0. The van der Waals surface area contributed by atoms with Crippen LogP contribution >= 0.6 is 0 Å². The van der Waals surface area contributed by atoms with Crippen molar-refractivity contribution < 1.29 is 85.6 Å². The van der Waals surface area contributed by atoms with E-state index in [1.807, 2.05) is 78.9 Å². The number of esters is 6. The topological polar surface area (TPSA) is 213 Å². The number of carbonyl (C=O) groups is 6. The molecular weight excluding hydrogens is 1840 g/mol. The van der Waals surface area contributed by atoms with Gasteiger partial charge in [0.2, 0.25) is 0 Å². The molecule has 18 nitrogen and oxygen atoms in total. The highest BCUT2D eigenvalue weighted by Crippen LogP contribution is 2.64. The molecule has 0 amide bonds. The maximum absolute atomic E-state index is 11.8. The molecular formula is C129H102O18. The lowest BCUT2D eigenvalue weighted by Crippen LogP contribution is -2.30. The van der Waals surface area contributed by atoms with Crippen LogP contribution in [0, 0.1) is 0 Å². The van der Waals surface area contributed by atoms with Crippen LogP contribution in [-0.2, 0) is 73.4 Å². The number of benzene rings is 18. The van der Waals surface area contributed by atoms with Crippen molar-refractivity contribution in [3.8, 4) is 67.9 Å². The molecule has 147 heavy (non-hydrogen) atoms. The first kappa shape index (κ1) is 97.4. The van der Waals surface area contributed by atoms with Gasteiger partial charge in [-0.15, -0.1) is 0 Å². The van der Waals surface area contributed by atoms with E-state index in [1.54, 1.807) is 0 Å². The number of rotatable bonds is 36. The molecule has 0 N–H and O–H groups in total. The summed E-state index contributed by atoms with van der Waals surface area (Å²) >= 11 is 0. The van der Waals surface area contributed by atoms with Gasteiger partial charge < -0.3 is 56.8 Å². The summed E-state index contributed by atoms with van der Waals surface area (Å²) in [6, 6.07) is 127. The van der Waals surface area contributed by atoms with Crippen LogP contribution in [0.5, 0.6) is 34.5 Å². The van der Waals surface area contributed by atoms with Crippen LogP contribution in [0.25, 0.3) is 98.0 Å². The third-order valence-electron chi connectivity index (χ3n) is 27.0. The lowest BCUT2D eigenvalue weighted by atomic mass is 9.66. The molecule has 0 saturated heterocycles. The first-order valence-corrected chi connectivity index (χ1v) is 48.4. The highest BCUT2D eigenvalue weighted by molar-refractivity contribution is 6.11. The third-order valence-corrected chi connectivity index (χ3v) is 27.0. The minimum Gasteiger partial charge on any atom is -0.490 e. The van der Waals surface area contributed by atoms with Crippen molar-refractivity contribution in [2.45, 2.75) is 16.2 Å². The van der Waals surface area contributed by atoms with E-state index in [2.05, 4.69) is 325 Å². The van der Waals surface area contributed by atoms with E-state index in [4.69, 9.17) is 56.8 Å². The van der Waals surface area contributed by atoms with Gasteiger partial charge >= 0.3 is 35.8 Å². The van der Waals surface area contributed by atoms with Gasteiger partial charge in [-0.2, -0.15) is 0 Å². The monoisotopic (exact) mass is 1940 g/mol. The van der Waals surface area contributed by atoms with E-state index in [1.165, 1.54) is 71.4 Å². The van der Waals surface area contributed by atoms with Crippen molar-refractivity contribution in [2.75, 3.05) is 79.3 Å². The molecule has 726 valence electrons. The Labute approximate surface area is 850 Å². The molecule has 3 aliphatic rings. The highest BCUT2D eigenvalue weighted by Gasteiger charge is 2.52. The molecule has 0 fully saturated rings. The van der Waals surface area contributed by atoms with Crippen molar-refractivity contribution in [1.29, 1.82) is 0 Å². The van der Waals surface area contributed by atoms with E-state index >= 15 is 0 Å². The summed E-state index contributed by atoms with van der Waals surface area (Å²) in [5, 5.41) is 13.8. The summed E-state index contributed by atoms with van der Waals surface area (Å²) in [6.07, 6.45) is 6.83. The molecule has 1 atom stereocenters. The maximum Gasteiger partial charge on any atom is 0.330 e. The molecule has 0 spiro atoms. The fourth-order valence-corrected chi connectivity index (χ4v) is 20.9. The van der Waals surface area contributed by atoms with Crippen LogP contribution in [0.1, 0.15) is 66.8 Å². The molecule has 18 aromatic rings. The molecule has 1 unspecified atom stereocenters. The second-order valence-corrected chi connectivity index (χ2v) is 35.0. The lowest BCUT2D eigenvalue weighted by Gasteiger charge is -2.36. The summed E-state index contributed by atoms with van der Waals surface area (Å²) in [4.78, 5) is 69.2. The van der Waals surface area contributed by atoms with Gasteiger partial charge in [-0.05, 0) is 238 Å². The van der Waals surface area contributed by atoms with E-state index in [0.717, 1.165) is 130 Å². The predicted octanol–water partition coefficient (Wildman–Crippen LogP) is 25.7. The van der Waals surface area contributed by atoms with Crippen LogP contribution in [0.3, 0.4) is 0 Å². The van der Waals surface area contributed by atoms with Crippen LogP contribution in [0.2, 0.25) is 0 Å². The van der Waals surface area contributed by atoms with Gasteiger partial charge in [-0.1, -0.05) is 325 Å². The van der Waals surface area contributed by atoms with Crippen molar-refractivity contribution in [3.63, 3.8) is 0 Å². The number of hydrogen-bond acceptors (Lipinski definition) is 18. The quantitative estimate of drug-likeness (QED) is 0.0154. The van der Waals surface area contributed by atoms with Crippen molar-refractivity contribution in [3.05, 3.63) is 507 Å². The van der Waals surface area contributed by atoms with Crippen molar-refractivity contribution in [2.24, 2.45) is 0 Å². The molecule has 3 aliphatic carbocycles. The SMILES string of the molecule is C=CC(=O)OCCOc1ccc(C2(c3c(OCCOC(=O)C=C)ccc4ccccc34)c3ccccc3-c3cc4ccccc4cc32)cc1.C=CC(=O)OCCOc1ccc(C2(c3ccc(OCCOC(=O)C=C)cc3)c3c(ccc4ccccc34)-c3ccc4ccccc4c32)cc1.C=CC(=O)OCCOc1ccc(C2(c3ccc(OCCOC(=O)C=C)cc3)c3ccc4ccccc4c3-c3ccc4ccccc4c32)cc1. The lowest BCUT2D eigenvalue weighted by molar-refractivity contribution is -0.139. The van der Waals surface area contributed by atoms with Gasteiger partial charge in [0.15, 0.2) is 0 Å². The van der Waals surface area contributed by atoms with Crippen molar-refractivity contribution >= 4 is 100 Å². The van der Waals surface area contributed by atoms with Gasteiger partial charge in [0.1, 0.15) is 114 Å². The molecule has 0 saturated carbocycles. The number of carbonyl (C=O) groups excluding carboxylic acids is 6. The Hall–Kier alpha value is -18.4. The average Bonchev–Trinajstić information content (AvgIpc) is 1.55. The van der Waals surface area contributed by atoms with Crippen LogP contribution in [0.15, 0.2) is 440 Å². The summed E-state index contributed by atoms with van der Waals surface area (Å²) in [6.45, 7) is 22.6. The minimum absolute atomic E-state index is 0.0794. The molecule has 0 aliphatic heterocycles. The van der Waals surface area contributed by atoms with E-state index < -0.39 is 52.1 Å². The maximum atomic E-state index is 11.8. The molecule has 21 rings (SSSR count). The zero-order valence-corrected chi connectivity index (χ0v) is 80.7. The van der Waals surface area contributed by atoms with E-state index in [-0.39, 0.29) is 79.3 Å². The second-order valence-electron chi connectivity index (χ2n) is 35.0. The fourth-order valence-electron chi connectivity index (χ4n) is 20.9. The average molecular weight is 1940 g/mol. The standard InChI is InChI=1S/3C43H34O6/c1-3-39(44)48-27-25-46-33-19-15-31(16-20-33)43(32-17-21-34(22-18-32)47-26-28-49-40(45)4-2)38-24-14-29-9-5-7-11-35(29)41(38)37-23-13-30-10-6-8-12-36(30)42(37)43;1-3-39(44)48-27-25-46-33-19-15-31(16-20-33)43(32-17-21-34(22-18-32)47-26-28-49-40(45)4-2)41-35-11-7-5-9-29(35)13-23-37(41)38-24-14-30-10-6-8-12-36(30)42(38)43;1-3-40(44)48-25-23-46-33-20-18-32(19-21-33)43(37-16-10-9-15-35(37)36-27-30-12-5-6-13-31(30)28-38(36)43)42-34-14-8-7-11-29(34)17-22-39(42)47-24-26-49-41(45)4-2/h2*3-24H,1-2,25-28H2;3-22,27-28H,1-2,23-26H2. The predicted molar refractivity (Wildman–Crippen MR) is 576 cm³/mol.